The second-order valence-corrected chi connectivity index (χ2v) is 6.82. The minimum absolute atomic E-state index is 0.210. The SMILES string of the molecule is CCOc1ccccc1OCCNC(C)C(O)c1ccc(OC)c(SOON)c1. The molecular formula is C20H28N2O6S. The van der Waals surface area contributed by atoms with Gasteiger partial charge in [-0.15, -0.1) is 9.32 Å². The van der Waals surface area contributed by atoms with Crippen molar-refractivity contribution in [2.75, 3.05) is 26.9 Å². The van der Waals surface area contributed by atoms with Crippen molar-refractivity contribution >= 4 is 12.0 Å². The number of benzene rings is 2. The molecule has 0 heterocycles. The molecule has 2 unspecified atom stereocenters. The van der Waals surface area contributed by atoms with Gasteiger partial charge in [0.05, 0.1) is 36.8 Å². The normalized spacial score (nSPS) is 13.0. The van der Waals surface area contributed by atoms with Crippen LogP contribution in [0.25, 0.3) is 0 Å². The van der Waals surface area contributed by atoms with Crippen LogP contribution in [0.1, 0.15) is 25.5 Å². The Morgan fingerprint density at radius 1 is 1.10 bits per heavy atom. The highest BCUT2D eigenvalue weighted by Gasteiger charge is 2.18. The lowest BCUT2D eigenvalue weighted by atomic mass is 10.0. The zero-order chi connectivity index (χ0) is 21.1. The van der Waals surface area contributed by atoms with Gasteiger partial charge in [0.1, 0.15) is 12.4 Å². The molecule has 0 fully saturated rings. The molecule has 2 aromatic rings. The quantitative estimate of drug-likeness (QED) is 0.194. The molecule has 8 nitrogen and oxygen atoms in total. The molecule has 0 radical (unpaired) electrons. The highest BCUT2D eigenvalue weighted by molar-refractivity contribution is 7.94. The first-order valence-corrected chi connectivity index (χ1v) is 9.98. The highest BCUT2D eigenvalue weighted by atomic mass is 32.2. The third-order valence-electron chi connectivity index (χ3n) is 4.14. The van der Waals surface area contributed by atoms with E-state index in [0.29, 0.717) is 41.7 Å². The number of aliphatic hydroxyl groups is 1. The van der Waals surface area contributed by atoms with Crippen LogP contribution in [0.5, 0.6) is 17.2 Å². The number of rotatable bonds is 13. The molecular weight excluding hydrogens is 396 g/mol. The minimum atomic E-state index is -0.741. The van der Waals surface area contributed by atoms with Crippen molar-refractivity contribution < 1.29 is 28.6 Å². The van der Waals surface area contributed by atoms with Gasteiger partial charge in [-0.05, 0) is 43.7 Å². The number of nitrogens with two attached hydrogens (primary N) is 1. The molecule has 0 aliphatic rings. The van der Waals surface area contributed by atoms with Crippen LogP contribution in [-0.4, -0.2) is 38.0 Å². The fraction of sp³-hybridized carbons (Fsp3) is 0.400. The zero-order valence-corrected chi connectivity index (χ0v) is 17.6. The van der Waals surface area contributed by atoms with Crippen LogP contribution < -0.4 is 25.4 Å². The maximum Gasteiger partial charge on any atom is 0.161 e. The summed E-state index contributed by atoms with van der Waals surface area (Å²) in [5, 5.41) is 13.9. The number of methoxy groups -OCH3 is 1. The monoisotopic (exact) mass is 424 g/mol. The number of hydrogen-bond donors (Lipinski definition) is 3. The Kier molecular flexibility index (Phi) is 10.1. The first kappa shape index (κ1) is 23.3. The van der Waals surface area contributed by atoms with E-state index in [1.54, 1.807) is 25.3 Å². The predicted octanol–water partition coefficient (Wildman–Crippen LogP) is 3.01. The Morgan fingerprint density at radius 2 is 1.83 bits per heavy atom. The molecule has 0 saturated heterocycles. The maximum atomic E-state index is 10.7. The Labute approximate surface area is 175 Å². The van der Waals surface area contributed by atoms with E-state index in [1.165, 1.54) is 0 Å². The Hall–Kier alpha value is -2.01. The smallest absolute Gasteiger partial charge is 0.161 e. The zero-order valence-electron chi connectivity index (χ0n) is 16.8. The van der Waals surface area contributed by atoms with Crippen LogP contribution in [0.2, 0.25) is 0 Å². The summed E-state index contributed by atoms with van der Waals surface area (Å²) in [4.78, 5) is 4.77. The molecule has 0 amide bonds. The molecule has 0 bridgehead atoms. The second kappa shape index (κ2) is 12.5. The second-order valence-electron chi connectivity index (χ2n) is 6.07. The van der Waals surface area contributed by atoms with E-state index in [0.717, 1.165) is 17.8 Å². The van der Waals surface area contributed by atoms with Gasteiger partial charge < -0.3 is 24.6 Å². The van der Waals surface area contributed by atoms with Crippen LogP contribution in [0.15, 0.2) is 47.4 Å². The van der Waals surface area contributed by atoms with Crippen molar-refractivity contribution in [2.45, 2.75) is 30.9 Å². The summed E-state index contributed by atoms with van der Waals surface area (Å²) in [6.45, 7) is 5.40. The van der Waals surface area contributed by atoms with E-state index in [9.17, 15) is 5.11 Å². The molecule has 4 N–H and O–H groups in total. The average molecular weight is 425 g/mol. The lowest BCUT2D eigenvalue weighted by Crippen LogP contribution is -2.35. The molecule has 0 aliphatic heterocycles. The summed E-state index contributed by atoms with van der Waals surface area (Å²) >= 11 is 0.904. The van der Waals surface area contributed by atoms with Crippen LogP contribution in [0.4, 0.5) is 0 Å². The molecule has 160 valence electrons. The van der Waals surface area contributed by atoms with E-state index in [2.05, 4.69) is 10.3 Å². The van der Waals surface area contributed by atoms with E-state index in [1.807, 2.05) is 38.1 Å². The molecule has 2 aromatic carbocycles. The Morgan fingerprint density at radius 3 is 2.48 bits per heavy atom. The predicted molar refractivity (Wildman–Crippen MR) is 111 cm³/mol. The Bertz CT molecular complexity index is 749. The van der Waals surface area contributed by atoms with Crippen molar-refractivity contribution in [2.24, 2.45) is 5.90 Å². The molecule has 0 aromatic heterocycles. The van der Waals surface area contributed by atoms with Crippen LogP contribution in [-0.2, 0) is 9.32 Å². The van der Waals surface area contributed by atoms with Crippen LogP contribution >= 0.6 is 12.0 Å². The number of ether oxygens (including phenoxy) is 3. The lowest BCUT2D eigenvalue weighted by Gasteiger charge is -2.22. The van der Waals surface area contributed by atoms with E-state index in [4.69, 9.17) is 24.4 Å². The topological polar surface area (TPSA) is 104 Å². The van der Waals surface area contributed by atoms with Gasteiger partial charge in [-0.2, -0.15) is 5.90 Å². The van der Waals surface area contributed by atoms with Gasteiger partial charge in [0, 0.05) is 12.6 Å². The summed E-state index contributed by atoms with van der Waals surface area (Å²) in [6.07, 6.45) is -0.741. The molecule has 0 spiro atoms. The number of nitrogens with one attached hydrogen (secondary N) is 1. The molecule has 29 heavy (non-hydrogen) atoms. The van der Waals surface area contributed by atoms with E-state index in [-0.39, 0.29) is 6.04 Å². The van der Waals surface area contributed by atoms with Crippen molar-refractivity contribution in [1.29, 1.82) is 0 Å². The average Bonchev–Trinajstić information content (AvgIpc) is 2.75. The summed E-state index contributed by atoms with van der Waals surface area (Å²) in [7, 11) is 1.55. The summed E-state index contributed by atoms with van der Waals surface area (Å²) in [6, 6.07) is 12.6. The number of hydrogen-bond acceptors (Lipinski definition) is 9. The van der Waals surface area contributed by atoms with Gasteiger partial charge >= 0.3 is 0 Å². The van der Waals surface area contributed by atoms with E-state index < -0.39 is 6.10 Å². The van der Waals surface area contributed by atoms with Gasteiger partial charge in [-0.25, -0.2) is 0 Å². The summed E-state index contributed by atoms with van der Waals surface area (Å²) in [5.41, 5.74) is 0.705. The summed E-state index contributed by atoms with van der Waals surface area (Å²) < 4.78 is 21.3. The largest absolute Gasteiger partial charge is 0.495 e. The van der Waals surface area contributed by atoms with Gasteiger partial charge in [-0.3, -0.25) is 0 Å². The maximum absolute atomic E-state index is 10.7. The van der Waals surface area contributed by atoms with Gasteiger partial charge in [-0.1, -0.05) is 18.2 Å². The van der Waals surface area contributed by atoms with Crippen molar-refractivity contribution in [3.8, 4) is 17.2 Å². The summed E-state index contributed by atoms with van der Waals surface area (Å²) in [5.74, 6) is 6.89. The first-order valence-electron chi connectivity index (χ1n) is 9.24. The van der Waals surface area contributed by atoms with Crippen molar-refractivity contribution in [3.05, 3.63) is 48.0 Å². The van der Waals surface area contributed by atoms with Crippen LogP contribution in [0.3, 0.4) is 0 Å². The number of aliphatic hydroxyl groups excluding tert-OH is 1. The van der Waals surface area contributed by atoms with E-state index >= 15 is 0 Å². The van der Waals surface area contributed by atoms with Crippen LogP contribution in [0, 0.1) is 0 Å². The molecule has 2 atom stereocenters. The van der Waals surface area contributed by atoms with Gasteiger partial charge in [0.2, 0.25) is 0 Å². The fourth-order valence-electron chi connectivity index (χ4n) is 2.69. The molecule has 0 saturated carbocycles. The first-order chi connectivity index (χ1) is 14.1. The lowest BCUT2D eigenvalue weighted by molar-refractivity contribution is -0.195. The fourth-order valence-corrected chi connectivity index (χ4v) is 3.22. The third-order valence-corrected chi connectivity index (χ3v) is 4.79. The molecule has 0 aliphatic carbocycles. The van der Waals surface area contributed by atoms with Gasteiger partial charge in [0.25, 0.3) is 0 Å². The molecule has 9 heteroatoms. The van der Waals surface area contributed by atoms with Crippen molar-refractivity contribution in [3.63, 3.8) is 0 Å². The third kappa shape index (κ3) is 7.07. The van der Waals surface area contributed by atoms with Gasteiger partial charge in [0.15, 0.2) is 11.5 Å². The molecule has 2 rings (SSSR count). The highest BCUT2D eigenvalue weighted by Crippen LogP contribution is 2.33. The number of para-hydroxylation sites is 2. The van der Waals surface area contributed by atoms with Crippen molar-refractivity contribution in [1.82, 2.24) is 5.32 Å². The standard InChI is InChI=1S/C20H28N2O6S/c1-4-25-16-7-5-6-8-17(16)26-12-11-22-14(2)20(23)15-9-10-18(24-3)19(13-15)29-28-27-21/h5-10,13-14,20,22-23H,4,11-12,21H2,1-3H3. The Balaban J connectivity index is 1.88. The minimum Gasteiger partial charge on any atom is -0.495 e.